The lowest BCUT2D eigenvalue weighted by atomic mass is 9.92. The maximum atomic E-state index is 12.6. The summed E-state index contributed by atoms with van der Waals surface area (Å²) in [6.45, 7) is 6.50. The van der Waals surface area contributed by atoms with Crippen LogP contribution >= 0.6 is 0 Å². The molecular weight excluding hydrogens is 416 g/mol. The molecule has 0 fully saturated rings. The Bertz CT molecular complexity index is 1430. The van der Waals surface area contributed by atoms with Crippen LogP contribution in [0.25, 0.3) is 28.3 Å². The largest absolute Gasteiger partial charge is 0.506 e. The number of fused-ring (bicyclic) bond motifs is 3. The van der Waals surface area contributed by atoms with E-state index < -0.39 is 11.2 Å². The first-order valence-corrected chi connectivity index (χ1v) is 11.2. The van der Waals surface area contributed by atoms with Crippen molar-refractivity contribution in [1.82, 2.24) is 9.55 Å². The van der Waals surface area contributed by atoms with Gasteiger partial charge < -0.3 is 18.8 Å². The zero-order valence-corrected chi connectivity index (χ0v) is 19.0. The molecule has 3 aromatic heterocycles. The van der Waals surface area contributed by atoms with Crippen LogP contribution in [0.5, 0.6) is 11.5 Å². The molecule has 1 aromatic carbocycles. The third-order valence-electron chi connectivity index (χ3n) is 5.91. The lowest BCUT2D eigenvalue weighted by molar-refractivity contribution is 0.160. The van der Waals surface area contributed by atoms with E-state index in [1.165, 1.54) is 6.07 Å². The number of phenolic OH excluding ortho intramolecular Hbond substituents is 1. The highest BCUT2D eigenvalue weighted by molar-refractivity contribution is 6.04. The Morgan fingerprint density at radius 2 is 2.03 bits per heavy atom. The number of ether oxygens (including phenoxy) is 1. The summed E-state index contributed by atoms with van der Waals surface area (Å²) in [5, 5.41) is 12.2. The van der Waals surface area contributed by atoms with Crippen molar-refractivity contribution in [3.8, 4) is 22.8 Å². The second kappa shape index (κ2) is 7.96. The molecule has 1 N–H and O–H groups in total. The van der Waals surface area contributed by atoms with E-state index in [1.807, 2.05) is 67.1 Å². The van der Waals surface area contributed by atoms with E-state index in [0.717, 1.165) is 28.8 Å². The van der Waals surface area contributed by atoms with Gasteiger partial charge in [0, 0.05) is 18.5 Å². The predicted octanol–water partition coefficient (Wildman–Crippen LogP) is 5.55. The maximum Gasteiger partial charge on any atom is 0.336 e. The molecule has 0 unspecified atom stereocenters. The minimum atomic E-state index is -0.549. The Labute approximate surface area is 191 Å². The summed E-state index contributed by atoms with van der Waals surface area (Å²) in [5.74, 6) is 0.579. The highest BCUT2D eigenvalue weighted by Gasteiger charge is 2.31. The molecule has 0 radical (unpaired) electrons. The van der Waals surface area contributed by atoms with Gasteiger partial charge in [0.05, 0.1) is 34.4 Å². The normalized spacial score (nSPS) is 14.3. The SMILES string of the molecule is CCCc1cc(=O)oc2c(-c3cccn3Cc3ccccn3)c(O)c3c(c12)OC(C)(C)C=C3. The molecular formula is C27H26N2O4. The molecule has 6 nitrogen and oxygen atoms in total. The average Bonchev–Trinajstić information content (AvgIpc) is 3.21. The van der Waals surface area contributed by atoms with Gasteiger partial charge in [0.25, 0.3) is 0 Å². The van der Waals surface area contributed by atoms with Gasteiger partial charge in [-0.3, -0.25) is 4.98 Å². The second-order valence-electron chi connectivity index (χ2n) is 8.89. The summed E-state index contributed by atoms with van der Waals surface area (Å²) in [6, 6.07) is 11.1. The molecule has 0 bridgehead atoms. The van der Waals surface area contributed by atoms with Gasteiger partial charge in [0.1, 0.15) is 17.1 Å². The molecule has 1 aliphatic heterocycles. The number of aromatic hydroxyl groups is 1. The fourth-order valence-electron chi connectivity index (χ4n) is 4.44. The fraction of sp³-hybridized carbons (Fsp3) is 0.259. The molecule has 0 aliphatic carbocycles. The number of benzene rings is 1. The number of hydrogen-bond acceptors (Lipinski definition) is 5. The number of rotatable bonds is 5. The third-order valence-corrected chi connectivity index (χ3v) is 5.91. The van der Waals surface area contributed by atoms with Crippen LogP contribution in [0, 0.1) is 0 Å². The highest BCUT2D eigenvalue weighted by Crippen LogP contribution is 2.49. The smallest absolute Gasteiger partial charge is 0.336 e. The first kappa shape index (κ1) is 21.1. The maximum absolute atomic E-state index is 12.6. The minimum absolute atomic E-state index is 0.0296. The van der Waals surface area contributed by atoms with Gasteiger partial charge in [0.2, 0.25) is 0 Å². The quantitative estimate of drug-likeness (QED) is 0.410. The molecule has 168 valence electrons. The van der Waals surface area contributed by atoms with E-state index in [9.17, 15) is 9.90 Å². The molecule has 5 rings (SSSR count). The fourth-order valence-corrected chi connectivity index (χ4v) is 4.44. The monoisotopic (exact) mass is 442 g/mol. The van der Waals surface area contributed by atoms with Crippen molar-refractivity contribution in [3.63, 3.8) is 0 Å². The minimum Gasteiger partial charge on any atom is -0.506 e. The molecule has 0 atom stereocenters. The van der Waals surface area contributed by atoms with Crippen LogP contribution in [-0.4, -0.2) is 20.3 Å². The van der Waals surface area contributed by atoms with Crippen molar-refractivity contribution in [2.75, 3.05) is 0 Å². The van der Waals surface area contributed by atoms with Crippen LogP contribution in [0.2, 0.25) is 0 Å². The Kier molecular flexibility index (Phi) is 5.08. The summed E-state index contributed by atoms with van der Waals surface area (Å²) in [6.07, 6.45) is 9.06. The lowest BCUT2D eigenvalue weighted by Gasteiger charge is -2.30. The number of aryl methyl sites for hydroxylation is 1. The first-order valence-electron chi connectivity index (χ1n) is 11.2. The number of pyridine rings is 1. The summed E-state index contributed by atoms with van der Waals surface area (Å²) >= 11 is 0. The Hall–Kier alpha value is -3.80. The van der Waals surface area contributed by atoms with Crippen LogP contribution in [0.15, 0.2) is 64.1 Å². The standard InChI is InChI=1S/C27H26N2O4/c1-4-8-17-15-21(30)32-26-22(17)25-19(11-12-27(2,3)33-25)24(31)23(26)20-10-7-14-29(20)16-18-9-5-6-13-28-18/h5-7,9-15,31H,4,8,16H2,1-3H3. The molecule has 33 heavy (non-hydrogen) atoms. The van der Waals surface area contributed by atoms with Gasteiger partial charge >= 0.3 is 5.63 Å². The van der Waals surface area contributed by atoms with Gasteiger partial charge in [-0.2, -0.15) is 0 Å². The van der Waals surface area contributed by atoms with E-state index in [0.29, 0.717) is 35.4 Å². The van der Waals surface area contributed by atoms with Crippen molar-refractivity contribution in [3.05, 3.63) is 82.1 Å². The zero-order valence-electron chi connectivity index (χ0n) is 19.0. The molecule has 6 heteroatoms. The summed E-state index contributed by atoms with van der Waals surface area (Å²) in [7, 11) is 0. The highest BCUT2D eigenvalue weighted by atomic mass is 16.5. The zero-order chi connectivity index (χ0) is 23.2. The summed E-state index contributed by atoms with van der Waals surface area (Å²) < 4.78 is 14.1. The molecule has 4 aromatic rings. The van der Waals surface area contributed by atoms with Gasteiger partial charge in [-0.15, -0.1) is 0 Å². The van der Waals surface area contributed by atoms with Crippen molar-refractivity contribution in [1.29, 1.82) is 0 Å². The van der Waals surface area contributed by atoms with Crippen LogP contribution < -0.4 is 10.4 Å². The van der Waals surface area contributed by atoms with Gasteiger partial charge in [-0.25, -0.2) is 4.79 Å². The predicted molar refractivity (Wildman–Crippen MR) is 129 cm³/mol. The Balaban J connectivity index is 1.83. The number of phenols is 1. The van der Waals surface area contributed by atoms with Crippen molar-refractivity contribution >= 4 is 17.0 Å². The molecule has 0 amide bonds. The van der Waals surface area contributed by atoms with Crippen molar-refractivity contribution in [2.24, 2.45) is 0 Å². The molecule has 0 saturated heterocycles. The second-order valence-corrected chi connectivity index (χ2v) is 8.89. The molecule has 4 heterocycles. The van der Waals surface area contributed by atoms with E-state index in [-0.39, 0.29) is 5.75 Å². The molecule has 1 aliphatic rings. The van der Waals surface area contributed by atoms with Gasteiger partial charge in [-0.05, 0) is 62.2 Å². The number of nitrogens with zero attached hydrogens (tertiary/aromatic N) is 2. The van der Waals surface area contributed by atoms with Crippen molar-refractivity contribution in [2.45, 2.75) is 45.8 Å². The van der Waals surface area contributed by atoms with Crippen LogP contribution in [0.4, 0.5) is 0 Å². The van der Waals surface area contributed by atoms with E-state index in [4.69, 9.17) is 9.15 Å². The van der Waals surface area contributed by atoms with Crippen LogP contribution in [-0.2, 0) is 13.0 Å². The summed E-state index contributed by atoms with van der Waals surface area (Å²) in [4.78, 5) is 17.0. The summed E-state index contributed by atoms with van der Waals surface area (Å²) in [5.41, 5.74) is 2.90. The average molecular weight is 443 g/mol. The van der Waals surface area contributed by atoms with Gasteiger partial charge in [-0.1, -0.05) is 19.4 Å². The van der Waals surface area contributed by atoms with E-state index in [2.05, 4.69) is 11.9 Å². The number of hydrogen-bond donors (Lipinski definition) is 1. The van der Waals surface area contributed by atoms with Crippen LogP contribution in [0.3, 0.4) is 0 Å². The van der Waals surface area contributed by atoms with E-state index in [1.54, 1.807) is 6.20 Å². The first-order chi connectivity index (χ1) is 15.9. The number of aromatic nitrogens is 2. The van der Waals surface area contributed by atoms with E-state index >= 15 is 0 Å². The third kappa shape index (κ3) is 3.71. The van der Waals surface area contributed by atoms with Gasteiger partial charge in [0.15, 0.2) is 5.58 Å². The Morgan fingerprint density at radius 3 is 2.79 bits per heavy atom. The van der Waals surface area contributed by atoms with Crippen molar-refractivity contribution < 1.29 is 14.3 Å². The molecule has 0 spiro atoms. The molecule has 0 saturated carbocycles. The Morgan fingerprint density at radius 1 is 1.18 bits per heavy atom. The topological polar surface area (TPSA) is 77.5 Å². The lowest BCUT2D eigenvalue weighted by Crippen LogP contribution is -2.28. The van der Waals surface area contributed by atoms with Crippen LogP contribution in [0.1, 0.15) is 44.0 Å².